The molecule has 1 unspecified atom stereocenters. The van der Waals surface area contributed by atoms with Crippen LogP contribution in [-0.4, -0.2) is 22.1 Å². The van der Waals surface area contributed by atoms with Crippen LogP contribution in [0.4, 0.5) is 5.13 Å². The molecule has 0 fully saturated rings. The van der Waals surface area contributed by atoms with Crippen LogP contribution in [0.2, 0.25) is 0 Å². The Morgan fingerprint density at radius 2 is 2.17 bits per heavy atom. The zero-order valence-corrected chi connectivity index (χ0v) is 12.1. The van der Waals surface area contributed by atoms with Crippen LogP contribution in [0.15, 0.2) is 0 Å². The SMILES string of the molecule is CCCC(N)CC(=O)Nc1nnc(CC(C)C)s1. The number of nitrogens with one attached hydrogen (secondary N) is 1. The van der Waals surface area contributed by atoms with Crippen molar-refractivity contribution in [3.05, 3.63) is 5.01 Å². The average Bonchev–Trinajstić information content (AvgIpc) is 2.64. The topological polar surface area (TPSA) is 80.9 Å². The monoisotopic (exact) mass is 270 g/mol. The summed E-state index contributed by atoms with van der Waals surface area (Å²) in [7, 11) is 0. The summed E-state index contributed by atoms with van der Waals surface area (Å²) < 4.78 is 0. The van der Waals surface area contributed by atoms with Crippen LogP contribution in [-0.2, 0) is 11.2 Å². The maximum absolute atomic E-state index is 11.7. The molecule has 3 N–H and O–H groups in total. The van der Waals surface area contributed by atoms with E-state index in [4.69, 9.17) is 5.73 Å². The molecule has 6 heteroatoms. The Kier molecular flexibility index (Phi) is 6.21. The van der Waals surface area contributed by atoms with E-state index in [1.807, 2.05) is 0 Å². The lowest BCUT2D eigenvalue weighted by atomic mass is 10.1. The Morgan fingerprint density at radius 1 is 1.44 bits per heavy atom. The van der Waals surface area contributed by atoms with Crippen molar-refractivity contribution in [3.63, 3.8) is 0 Å². The van der Waals surface area contributed by atoms with E-state index >= 15 is 0 Å². The van der Waals surface area contributed by atoms with E-state index in [2.05, 4.69) is 36.3 Å². The third-order valence-corrected chi connectivity index (χ3v) is 3.26. The second kappa shape index (κ2) is 7.43. The summed E-state index contributed by atoms with van der Waals surface area (Å²) in [5, 5.41) is 12.3. The van der Waals surface area contributed by atoms with Gasteiger partial charge in [-0.25, -0.2) is 0 Å². The predicted molar refractivity (Wildman–Crippen MR) is 74.6 cm³/mol. The highest BCUT2D eigenvalue weighted by atomic mass is 32.1. The Balaban J connectivity index is 2.42. The summed E-state index contributed by atoms with van der Waals surface area (Å²) in [4.78, 5) is 11.7. The summed E-state index contributed by atoms with van der Waals surface area (Å²) in [6.07, 6.45) is 3.09. The molecular formula is C12H22N4OS. The molecule has 1 amide bonds. The van der Waals surface area contributed by atoms with Crippen molar-refractivity contribution in [2.24, 2.45) is 11.7 Å². The van der Waals surface area contributed by atoms with Crippen LogP contribution in [0, 0.1) is 5.92 Å². The van der Waals surface area contributed by atoms with E-state index in [-0.39, 0.29) is 11.9 Å². The van der Waals surface area contributed by atoms with E-state index in [1.54, 1.807) is 0 Å². The molecule has 0 aliphatic rings. The number of aromatic nitrogens is 2. The van der Waals surface area contributed by atoms with Crippen LogP contribution in [0.25, 0.3) is 0 Å². The van der Waals surface area contributed by atoms with E-state index in [1.165, 1.54) is 11.3 Å². The van der Waals surface area contributed by atoms with Crippen LogP contribution in [0.5, 0.6) is 0 Å². The number of carbonyl (C=O) groups is 1. The molecule has 5 nitrogen and oxygen atoms in total. The van der Waals surface area contributed by atoms with Crippen molar-refractivity contribution in [2.75, 3.05) is 5.32 Å². The first kappa shape index (κ1) is 15.0. The smallest absolute Gasteiger partial charge is 0.227 e. The number of anilines is 1. The first-order valence-electron chi connectivity index (χ1n) is 6.39. The first-order chi connectivity index (χ1) is 8.51. The molecule has 0 saturated carbocycles. The highest BCUT2D eigenvalue weighted by Crippen LogP contribution is 2.18. The van der Waals surface area contributed by atoms with E-state index in [0.717, 1.165) is 24.3 Å². The third-order valence-electron chi connectivity index (χ3n) is 2.40. The minimum atomic E-state index is -0.0804. The molecule has 1 atom stereocenters. The van der Waals surface area contributed by atoms with Crippen molar-refractivity contribution < 1.29 is 4.79 Å². The fourth-order valence-electron chi connectivity index (χ4n) is 1.62. The van der Waals surface area contributed by atoms with Crippen molar-refractivity contribution in [2.45, 2.75) is 52.5 Å². The van der Waals surface area contributed by atoms with Gasteiger partial charge in [-0.2, -0.15) is 0 Å². The molecule has 1 aromatic heterocycles. The van der Waals surface area contributed by atoms with Gasteiger partial charge >= 0.3 is 0 Å². The predicted octanol–water partition coefficient (Wildman–Crippen LogP) is 2.19. The fourth-order valence-corrected chi connectivity index (χ4v) is 2.59. The minimum absolute atomic E-state index is 0.0712. The number of rotatable bonds is 7. The lowest BCUT2D eigenvalue weighted by Crippen LogP contribution is -2.26. The van der Waals surface area contributed by atoms with Crippen LogP contribution >= 0.6 is 11.3 Å². The third kappa shape index (κ3) is 5.55. The summed E-state index contributed by atoms with van der Waals surface area (Å²) >= 11 is 1.43. The molecule has 0 bridgehead atoms. The highest BCUT2D eigenvalue weighted by molar-refractivity contribution is 7.15. The van der Waals surface area contributed by atoms with Gasteiger partial charge in [0.25, 0.3) is 0 Å². The quantitative estimate of drug-likeness (QED) is 0.796. The van der Waals surface area contributed by atoms with Crippen molar-refractivity contribution in [3.8, 4) is 0 Å². The summed E-state index contributed by atoms with van der Waals surface area (Å²) in [5.41, 5.74) is 5.82. The van der Waals surface area contributed by atoms with E-state index in [0.29, 0.717) is 17.5 Å². The molecule has 1 aromatic rings. The van der Waals surface area contributed by atoms with E-state index in [9.17, 15) is 4.79 Å². The van der Waals surface area contributed by atoms with Crippen LogP contribution in [0.3, 0.4) is 0 Å². The number of carbonyl (C=O) groups excluding carboxylic acids is 1. The Labute approximate surface area is 112 Å². The van der Waals surface area contributed by atoms with Gasteiger partial charge in [0.1, 0.15) is 5.01 Å². The second-order valence-electron chi connectivity index (χ2n) is 4.90. The standard InChI is InChI=1S/C12H22N4OS/c1-4-5-9(13)7-10(17)14-12-16-15-11(18-12)6-8(2)3/h8-9H,4-7,13H2,1-3H3,(H,14,16,17). The van der Waals surface area contributed by atoms with Gasteiger partial charge in [-0.05, 0) is 12.3 Å². The molecule has 1 rings (SSSR count). The Hall–Kier alpha value is -1.01. The zero-order chi connectivity index (χ0) is 13.5. The maximum Gasteiger partial charge on any atom is 0.227 e. The van der Waals surface area contributed by atoms with Gasteiger partial charge in [0, 0.05) is 18.9 Å². The minimum Gasteiger partial charge on any atom is -0.327 e. The molecule has 18 heavy (non-hydrogen) atoms. The van der Waals surface area contributed by atoms with Crippen molar-refractivity contribution in [1.82, 2.24) is 10.2 Å². The van der Waals surface area contributed by atoms with Gasteiger partial charge in [0.15, 0.2) is 0 Å². The molecule has 0 radical (unpaired) electrons. The molecule has 0 aliphatic heterocycles. The summed E-state index contributed by atoms with van der Waals surface area (Å²) in [6.45, 7) is 6.31. The molecule has 102 valence electrons. The van der Waals surface area contributed by atoms with Crippen LogP contribution in [0.1, 0.15) is 45.0 Å². The van der Waals surface area contributed by atoms with Crippen LogP contribution < -0.4 is 11.1 Å². The Bertz CT molecular complexity index is 378. The lowest BCUT2D eigenvalue weighted by Gasteiger charge is -2.08. The first-order valence-corrected chi connectivity index (χ1v) is 7.20. The molecule has 0 aromatic carbocycles. The van der Waals surface area contributed by atoms with Gasteiger partial charge in [-0.1, -0.05) is 38.5 Å². The summed E-state index contributed by atoms with van der Waals surface area (Å²) in [6, 6.07) is -0.0712. The molecule has 1 heterocycles. The number of hydrogen-bond acceptors (Lipinski definition) is 5. The normalized spacial score (nSPS) is 12.7. The molecule has 0 aliphatic carbocycles. The van der Waals surface area contributed by atoms with Gasteiger partial charge in [0.2, 0.25) is 11.0 Å². The highest BCUT2D eigenvalue weighted by Gasteiger charge is 2.12. The number of hydrogen-bond donors (Lipinski definition) is 2. The largest absolute Gasteiger partial charge is 0.327 e. The average molecular weight is 270 g/mol. The number of nitrogens with two attached hydrogens (primary N) is 1. The lowest BCUT2D eigenvalue weighted by molar-refractivity contribution is -0.116. The molecular weight excluding hydrogens is 248 g/mol. The summed E-state index contributed by atoms with van der Waals surface area (Å²) in [5.74, 6) is 0.461. The number of amides is 1. The van der Waals surface area contributed by atoms with Gasteiger partial charge < -0.3 is 11.1 Å². The Morgan fingerprint density at radius 3 is 2.78 bits per heavy atom. The van der Waals surface area contributed by atoms with Crippen molar-refractivity contribution in [1.29, 1.82) is 0 Å². The molecule has 0 spiro atoms. The number of nitrogens with zero attached hydrogens (tertiary/aromatic N) is 2. The van der Waals surface area contributed by atoms with Crippen molar-refractivity contribution >= 4 is 22.4 Å². The second-order valence-corrected chi connectivity index (χ2v) is 5.96. The van der Waals surface area contributed by atoms with E-state index < -0.39 is 0 Å². The molecule has 0 saturated heterocycles. The fraction of sp³-hybridized carbons (Fsp3) is 0.750. The van der Waals surface area contributed by atoms with Gasteiger partial charge in [0.05, 0.1) is 0 Å². The van der Waals surface area contributed by atoms with Gasteiger partial charge in [-0.15, -0.1) is 10.2 Å². The zero-order valence-electron chi connectivity index (χ0n) is 11.3. The van der Waals surface area contributed by atoms with Gasteiger partial charge in [-0.3, -0.25) is 4.79 Å². The maximum atomic E-state index is 11.7.